The van der Waals surface area contributed by atoms with E-state index < -0.39 is 47.7 Å². The topological polar surface area (TPSA) is 79.7 Å². The number of ether oxygens (including phenoxy) is 1. The van der Waals surface area contributed by atoms with E-state index in [4.69, 9.17) is 9.84 Å². The fourth-order valence-electron chi connectivity index (χ4n) is 2.97. The third-order valence-electron chi connectivity index (χ3n) is 4.24. The Morgan fingerprint density at radius 3 is 2.69 bits per heavy atom. The maximum atomic E-state index is 14.0. The van der Waals surface area contributed by atoms with Gasteiger partial charge in [0.15, 0.2) is 23.6 Å². The van der Waals surface area contributed by atoms with Crippen LogP contribution in [0.2, 0.25) is 0 Å². The second-order valence-corrected chi connectivity index (χ2v) is 7.27. The first-order valence-corrected chi connectivity index (χ1v) is 8.98. The summed E-state index contributed by atoms with van der Waals surface area (Å²) >= 11 is 0.699. The second-order valence-electron chi connectivity index (χ2n) is 6.18. The molecule has 150 valence electrons. The molecule has 0 bridgehead atoms. The number of halogens is 4. The largest absolute Gasteiger partial charge is 0.481 e. The number of hydrogen-bond acceptors (Lipinski definition) is 5. The number of benzene rings is 2. The summed E-state index contributed by atoms with van der Waals surface area (Å²) in [5, 5.41) is 9.11. The molecule has 4 rings (SSSR count). The zero-order chi connectivity index (χ0) is 20.9. The summed E-state index contributed by atoms with van der Waals surface area (Å²) in [5.74, 6) is -7.05. The van der Waals surface area contributed by atoms with Crippen molar-refractivity contribution in [3.63, 3.8) is 0 Å². The number of amides is 1. The predicted molar refractivity (Wildman–Crippen MR) is 93.8 cm³/mol. The highest BCUT2D eigenvalue weighted by Crippen LogP contribution is 2.37. The number of hydrogen-bond donors (Lipinski definition) is 1. The van der Waals surface area contributed by atoms with Crippen molar-refractivity contribution in [1.29, 1.82) is 0 Å². The molecule has 1 N–H and O–H groups in total. The number of carboxylic acids is 1. The van der Waals surface area contributed by atoms with E-state index in [2.05, 4.69) is 4.98 Å². The van der Waals surface area contributed by atoms with E-state index in [0.717, 1.165) is 23.1 Å². The first-order chi connectivity index (χ1) is 13.7. The van der Waals surface area contributed by atoms with E-state index in [9.17, 15) is 27.2 Å². The second kappa shape index (κ2) is 6.99. The molecule has 3 aromatic rings. The molecule has 0 aliphatic carbocycles. The molecule has 0 spiro atoms. The Bertz CT molecular complexity index is 1170. The quantitative estimate of drug-likeness (QED) is 0.509. The van der Waals surface area contributed by atoms with Gasteiger partial charge in [0, 0.05) is 12.1 Å². The summed E-state index contributed by atoms with van der Waals surface area (Å²) < 4.78 is 59.7. The van der Waals surface area contributed by atoms with Crippen LogP contribution in [0.3, 0.4) is 0 Å². The lowest BCUT2D eigenvalue weighted by atomic mass is 10.1. The van der Waals surface area contributed by atoms with Crippen LogP contribution >= 0.6 is 11.3 Å². The molecule has 0 fully saturated rings. The van der Waals surface area contributed by atoms with Gasteiger partial charge in [0.2, 0.25) is 0 Å². The highest BCUT2D eigenvalue weighted by atomic mass is 32.1. The fraction of sp³-hybridized carbons (Fsp3) is 0.167. The Labute approximate surface area is 164 Å². The van der Waals surface area contributed by atoms with Gasteiger partial charge >= 0.3 is 5.97 Å². The SMILES string of the molecule is O=C(O)CC1Oc2ccc(F)cc2N(Cc2nc3cc(F)c(F)c(F)c3s2)C1=O. The number of carboxylic acid groups (broad SMARTS) is 1. The van der Waals surface area contributed by atoms with E-state index in [1.807, 2.05) is 0 Å². The normalized spacial score (nSPS) is 16.1. The summed E-state index contributed by atoms with van der Waals surface area (Å²) in [6.07, 6.45) is -1.98. The first kappa shape index (κ1) is 19.1. The van der Waals surface area contributed by atoms with E-state index in [-0.39, 0.29) is 33.2 Å². The third kappa shape index (κ3) is 3.37. The number of aliphatic carboxylic acids is 1. The van der Waals surface area contributed by atoms with Gasteiger partial charge in [0.1, 0.15) is 16.6 Å². The monoisotopic (exact) mass is 426 g/mol. The minimum atomic E-state index is -1.64. The Morgan fingerprint density at radius 2 is 1.97 bits per heavy atom. The summed E-state index contributed by atoms with van der Waals surface area (Å²) in [5.41, 5.74) is -0.0996. The van der Waals surface area contributed by atoms with Crippen LogP contribution < -0.4 is 9.64 Å². The minimum Gasteiger partial charge on any atom is -0.481 e. The molecule has 0 saturated carbocycles. The predicted octanol–water partition coefficient (Wildman–Crippen LogP) is 3.62. The van der Waals surface area contributed by atoms with Crippen molar-refractivity contribution in [1.82, 2.24) is 4.98 Å². The van der Waals surface area contributed by atoms with Crippen LogP contribution in [0.4, 0.5) is 23.2 Å². The first-order valence-electron chi connectivity index (χ1n) is 8.17. The molecule has 1 aliphatic rings. The Hall–Kier alpha value is -3.21. The molecule has 2 aromatic carbocycles. The zero-order valence-electron chi connectivity index (χ0n) is 14.3. The van der Waals surface area contributed by atoms with Crippen LogP contribution in [-0.2, 0) is 16.1 Å². The highest BCUT2D eigenvalue weighted by molar-refractivity contribution is 7.18. The highest BCUT2D eigenvalue weighted by Gasteiger charge is 2.36. The molecular formula is C18H10F4N2O4S. The van der Waals surface area contributed by atoms with Gasteiger partial charge in [-0.05, 0) is 12.1 Å². The van der Waals surface area contributed by atoms with Gasteiger partial charge < -0.3 is 9.84 Å². The Kier molecular flexibility index (Phi) is 4.61. The zero-order valence-corrected chi connectivity index (χ0v) is 15.1. The van der Waals surface area contributed by atoms with E-state index >= 15 is 0 Å². The van der Waals surface area contributed by atoms with E-state index in [0.29, 0.717) is 11.3 Å². The number of rotatable bonds is 4. The smallest absolute Gasteiger partial charge is 0.307 e. The number of carbonyl (C=O) groups excluding carboxylic acids is 1. The van der Waals surface area contributed by atoms with E-state index in [1.54, 1.807) is 0 Å². The molecule has 11 heteroatoms. The molecule has 2 heterocycles. The van der Waals surface area contributed by atoms with Gasteiger partial charge in [-0.2, -0.15) is 0 Å². The Balaban J connectivity index is 1.75. The maximum absolute atomic E-state index is 14.0. The molecule has 0 saturated heterocycles. The van der Waals surface area contributed by atoms with Gasteiger partial charge in [0.05, 0.1) is 28.9 Å². The van der Waals surface area contributed by atoms with Gasteiger partial charge in [-0.15, -0.1) is 11.3 Å². The average molecular weight is 426 g/mol. The van der Waals surface area contributed by atoms with Crippen LogP contribution in [0.25, 0.3) is 10.2 Å². The van der Waals surface area contributed by atoms with Crippen molar-refractivity contribution < 1.29 is 37.0 Å². The lowest BCUT2D eigenvalue weighted by Gasteiger charge is -2.33. The van der Waals surface area contributed by atoms with Crippen LogP contribution in [-0.4, -0.2) is 28.1 Å². The van der Waals surface area contributed by atoms with Gasteiger partial charge in [-0.1, -0.05) is 0 Å². The van der Waals surface area contributed by atoms with Crippen molar-refractivity contribution in [2.75, 3.05) is 4.90 Å². The molecule has 1 unspecified atom stereocenters. The van der Waals surface area contributed by atoms with Crippen LogP contribution in [0.5, 0.6) is 5.75 Å². The third-order valence-corrected chi connectivity index (χ3v) is 5.29. The van der Waals surface area contributed by atoms with E-state index in [1.165, 1.54) is 6.07 Å². The molecule has 0 radical (unpaired) electrons. The van der Waals surface area contributed by atoms with Crippen LogP contribution in [0, 0.1) is 23.3 Å². The lowest BCUT2D eigenvalue weighted by molar-refractivity contribution is -0.142. The van der Waals surface area contributed by atoms with Gasteiger partial charge in [0.25, 0.3) is 5.91 Å². The number of fused-ring (bicyclic) bond motifs is 2. The summed E-state index contributed by atoms with van der Waals surface area (Å²) in [6, 6.07) is 4.10. The lowest BCUT2D eigenvalue weighted by Crippen LogP contribution is -2.46. The molecule has 1 aliphatic heterocycles. The molecule has 1 aromatic heterocycles. The summed E-state index contributed by atoms with van der Waals surface area (Å²) in [4.78, 5) is 28.8. The van der Waals surface area contributed by atoms with Crippen molar-refractivity contribution in [2.45, 2.75) is 19.1 Å². The number of aromatic nitrogens is 1. The molecule has 29 heavy (non-hydrogen) atoms. The number of nitrogens with zero attached hydrogens (tertiary/aromatic N) is 2. The summed E-state index contributed by atoms with van der Waals surface area (Å²) in [7, 11) is 0. The molecule has 1 amide bonds. The maximum Gasteiger partial charge on any atom is 0.307 e. The Morgan fingerprint density at radius 1 is 1.21 bits per heavy atom. The molecule has 6 nitrogen and oxygen atoms in total. The number of carbonyl (C=O) groups is 2. The van der Waals surface area contributed by atoms with Crippen LogP contribution in [0.15, 0.2) is 24.3 Å². The van der Waals surface area contributed by atoms with Crippen molar-refractivity contribution in [2.24, 2.45) is 0 Å². The number of thiazole rings is 1. The number of anilines is 1. The van der Waals surface area contributed by atoms with Crippen molar-refractivity contribution in [3.05, 3.63) is 52.5 Å². The average Bonchev–Trinajstić information content (AvgIpc) is 3.06. The van der Waals surface area contributed by atoms with Gasteiger partial charge in [-0.3, -0.25) is 14.5 Å². The minimum absolute atomic E-state index is 0.0359. The van der Waals surface area contributed by atoms with Crippen LogP contribution in [0.1, 0.15) is 11.4 Å². The fourth-order valence-corrected chi connectivity index (χ4v) is 3.93. The van der Waals surface area contributed by atoms with Gasteiger partial charge in [-0.25, -0.2) is 22.5 Å². The molecular weight excluding hydrogens is 416 g/mol. The van der Waals surface area contributed by atoms with Crippen molar-refractivity contribution in [3.8, 4) is 5.75 Å². The molecule has 1 atom stereocenters. The summed E-state index contributed by atoms with van der Waals surface area (Å²) in [6.45, 7) is -0.295. The standard InChI is InChI=1S/C18H10F4N2O4S/c19-7-1-2-11-10(3-7)24(18(27)12(28-11)5-14(25)26)6-13-23-9-4-8(20)15(21)16(22)17(9)29-13/h1-4,12H,5-6H2,(H,25,26). The van der Waals surface area contributed by atoms with Crippen molar-refractivity contribution >= 4 is 39.1 Å².